The highest BCUT2D eigenvalue weighted by molar-refractivity contribution is 6.10. The number of nitrogens with two attached hydrogens (primary N) is 1. The Morgan fingerprint density at radius 1 is 0.365 bits per heavy atom. The summed E-state index contributed by atoms with van der Waals surface area (Å²) in [5.74, 6) is -5.82. The van der Waals surface area contributed by atoms with E-state index in [4.69, 9.17) is 5.73 Å². The fraction of sp³-hybridized carbons (Fsp3) is 0.264. The van der Waals surface area contributed by atoms with Crippen molar-refractivity contribution in [3.63, 3.8) is 0 Å². The largest absolute Gasteiger partial charge is 0.351 e. The van der Waals surface area contributed by atoms with Gasteiger partial charge in [-0.25, -0.2) is 15.0 Å². The third-order valence-electron chi connectivity index (χ3n) is 13.3. The molecule has 0 aliphatic carbocycles. The van der Waals surface area contributed by atoms with Crippen molar-refractivity contribution >= 4 is 105 Å². The predicted molar refractivity (Wildman–Crippen MR) is 308 cm³/mol. The van der Waals surface area contributed by atoms with Gasteiger partial charge in [0.15, 0.2) is 17.5 Å². The number of imidazole rings is 3. The van der Waals surface area contributed by atoms with Gasteiger partial charge >= 0.3 is 0 Å². The maximum Gasteiger partial charge on any atom is 0.292 e. The second-order valence-corrected chi connectivity index (χ2v) is 20.2. The van der Waals surface area contributed by atoms with Gasteiger partial charge in [-0.1, -0.05) is 0 Å². The van der Waals surface area contributed by atoms with E-state index in [-0.39, 0.29) is 118 Å². The summed E-state index contributed by atoms with van der Waals surface area (Å²) in [4.78, 5) is 146. The molecule has 0 radical (unpaired) electrons. The summed E-state index contributed by atoms with van der Waals surface area (Å²) >= 11 is 0. The Balaban J connectivity index is 0.879. The average Bonchev–Trinajstić information content (AvgIpc) is 3.92. The van der Waals surface area contributed by atoms with E-state index in [1.165, 1.54) is 110 Å². The Morgan fingerprint density at radius 2 is 0.671 bits per heavy atom. The van der Waals surface area contributed by atoms with Crippen LogP contribution in [0.3, 0.4) is 0 Å². The molecule has 0 saturated carbocycles. The number of nitrogens with one attached hydrogen (secondary N) is 10. The monoisotopic (exact) mass is 1160 g/mol. The van der Waals surface area contributed by atoms with Crippen molar-refractivity contribution in [1.29, 1.82) is 0 Å². The molecule has 8 aromatic heterocycles. The molecule has 0 aromatic carbocycles. The van der Waals surface area contributed by atoms with Crippen LogP contribution in [-0.4, -0.2) is 130 Å². The standard InChI is InChI=1S/C53H60N22O10/c1-68-19-28-13-33(68)46(78)55-11-9-10-41(76)62-38-24-74(7)45(64-38)53(85)67-40-26-75(8)44(66-40)52(84)61-32-17-36(71(4)23-32)49(81)58-29-14-34(69(2)20-29)47(79)56-18-27(54)12-42(77)63-39-25-73(6)43(65-39)51(83)60-31-16-37(72(5)22-31)50(82)59-30-15-35(48(80)57-28)70(3)21-30/h13-17,19-27H,9-12,18,54H2,1-8H3,(H,55,78)(H,56,79)(H,57,80)(H,58,81)(H,59,82)(H,60,83)(H,61,84)(H,62,76)(H,63,77)(H,67,85)/t27-/m1/s1. The Labute approximate surface area is 482 Å². The van der Waals surface area contributed by atoms with Crippen molar-refractivity contribution in [2.45, 2.75) is 25.3 Å². The highest BCUT2D eigenvalue weighted by Crippen LogP contribution is 2.23. The van der Waals surface area contributed by atoms with Crippen LogP contribution >= 0.6 is 0 Å². The molecule has 32 heteroatoms. The number of rotatable bonds is 0. The highest BCUT2D eigenvalue weighted by atomic mass is 16.2. The highest BCUT2D eigenvalue weighted by Gasteiger charge is 2.25. The summed E-state index contributed by atoms with van der Waals surface area (Å²) in [7, 11) is 12.7. The Bertz CT molecular complexity index is 4020. The van der Waals surface area contributed by atoms with E-state index in [1.807, 2.05) is 0 Å². The van der Waals surface area contributed by atoms with E-state index in [9.17, 15) is 47.9 Å². The second kappa shape index (κ2) is 24.0. The van der Waals surface area contributed by atoms with E-state index < -0.39 is 65.1 Å². The van der Waals surface area contributed by atoms with Gasteiger partial charge in [-0.3, -0.25) is 47.9 Å². The van der Waals surface area contributed by atoms with Crippen molar-refractivity contribution in [2.75, 3.05) is 55.6 Å². The molecule has 8 aromatic rings. The lowest BCUT2D eigenvalue weighted by Gasteiger charge is -2.12. The summed E-state index contributed by atoms with van der Waals surface area (Å²) in [6.07, 6.45) is 11.9. The van der Waals surface area contributed by atoms with Crippen molar-refractivity contribution in [2.24, 2.45) is 62.1 Å². The van der Waals surface area contributed by atoms with Crippen LogP contribution in [0.1, 0.15) is 104 Å². The van der Waals surface area contributed by atoms with E-state index in [1.54, 1.807) is 62.6 Å². The topological polar surface area (TPSA) is 395 Å². The number of nitrogens with zero attached hydrogens (tertiary/aromatic N) is 11. The minimum Gasteiger partial charge on any atom is -0.351 e. The molecule has 0 unspecified atom stereocenters. The van der Waals surface area contributed by atoms with Crippen LogP contribution in [0.15, 0.2) is 79.9 Å². The predicted octanol–water partition coefficient (Wildman–Crippen LogP) is 1.64. The van der Waals surface area contributed by atoms with Crippen LogP contribution in [0, 0.1) is 0 Å². The lowest BCUT2D eigenvalue weighted by molar-refractivity contribution is -0.117. The first-order valence-corrected chi connectivity index (χ1v) is 26.1. The molecule has 0 spiro atoms. The molecule has 9 rings (SSSR count). The van der Waals surface area contributed by atoms with Gasteiger partial charge in [0.1, 0.15) is 28.5 Å². The van der Waals surface area contributed by atoms with E-state index in [2.05, 4.69) is 68.1 Å². The van der Waals surface area contributed by atoms with Gasteiger partial charge in [0, 0.05) is 138 Å². The summed E-state index contributed by atoms with van der Waals surface area (Å²) in [5.41, 5.74) is 8.43. The Kier molecular flexibility index (Phi) is 16.5. The lowest BCUT2D eigenvalue weighted by atomic mass is 10.2. The van der Waals surface area contributed by atoms with Crippen LogP contribution in [-0.2, 0) is 66.0 Å². The number of hydrogen-bond acceptors (Lipinski definition) is 14. The smallest absolute Gasteiger partial charge is 0.292 e. The molecular weight excluding hydrogens is 1100 g/mol. The molecule has 0 fully saturated rings. The fourth-order valence-electron chi connectivity index (χ4n) is 9.20. The Morgan fingerprint density at radius 3 is 1.05 bits per heavy atom. The fourth-order valence-corrected chi connectivity index (χ4v) is 9.20. The molecule has 442 valence electrons. The summed E-state index contributed by atoms with van der Waals surface area (Å²) < 4.78 is 11.6. The average molecular weight is 1170 g/mol. The molecule has 1 aliphatic rings. The minimum atomic E-state index is -0.851. The normalized spacial score (nSPS) is 15.9. The molecule has 10 amide bonds. The van der Waals surface area contributed by atoms with Crippen molar-refractivity contribution in [1.82, 2.24) is 62.1 Å². The van der Waals surface area contributed by atoms with Gasteiger partial charge in [0.25, 0.3) is 47.3 Å². The van der Waals surface area contributed by atoms with Gasteiger partial charge < -0.3 is 95.4 Å². The molecular formula is C53H60N22O10. The van der Waals surface area contributed by atoms with E-state index >= 15 is 0 Å². The SMILES string of the molecule is Cn1cc2cc1C(=O)NCCCC(=O)Nc1cn(C)c(n1)C(=O)Nc1cn(C)c(n1)C(=O)Nc1cc(n(C)c1)C(=O)Nc1cc(n(C)c1)C(=O)NC[C@H](N)CC(=O)Nc1cn(C)c(n1)C(=O)Nc1cc(n(C)c1)C(=O)Nc1cc(n(C)c1)C(=O)N2. The maximum atomic E-state index is 13.5. The first kappa shape index (κ1) is 58.3. The van der Waals surface area contributed by atoms with Crippen LogP contribution in [0.4, 0.5) is 45.9 Å². The molecule has 1 atom stereocenters. The second-order valence-electron chi connectivity index (χ2n) is 20.2. The molecule has 32 nitrogen and oxygen atoms in total. The van der Waals surface area contributed by atoms with Crippen LogP contribution in [0.5, 0.6) is 0 Å². The number of fused-ring (bicyclic) bond motifs is 16. The number of anilines is 8. The van der Waals surface area contributed by atoms with Crippen molar-refractivity contribution < 1.29 is 47.9 Å². The lowest BCUT2D eigenvalue weighted by Crippen LogP contribution is -2.40. The number of aromatic nitrogens is 11. The van der Waals surface area contributed by atoms with Crippen LogP contribution in [0.25, 0.3) is 0 Å². The molecule has 1 aliphatic heterocycles. The quantitative estimate of drug-likeness (QED) is 0.103. The van der Waals surface area contributed by atoms with Gasteiger partial charge in [0.2, 0.25) is 29.3 Å². The van der Waals surface area contributed by atoms with Crippen LogP contribution in [0.2, 0.25) is 0 Å². The number of carbonyl (C=O) groups excluding carboxylic acids is 10. The van der Waals surface area contributed by atoms with E-state index in [0.717, 1.165) is 0 Å². The number of aryl methyl sites for hydroxylation is 8. The van der Waals surface area contributed by atoms with Crippen LogP contribution < -0.4 is 58.9 Å². The zero-order valence-electron chi connectivity index (χ0n) is 47.2. The zero-order chi connectivity index (χ0) is 61.1. The maximum absolute atomic E-state index is 13.5. The van der Waals surface area contributed by atoms with Crippen molar-refractivity contribution in [3.8, 4) is 0 Å². The molecule has 12 N–H and O–H groups in total. The summed E-state index contributed by atoms with van der Waals surface area (Å²) in [6.45, 7) is -0.00371. The van der Waals surface area contributed by atoms with Gasteiger partial charge in [-0.2, -0.15) is 0 Å². The third kappa shape index (κ3) is 13.4. The summed E-state index contributed by atoms with van der Waals surface area (Å²) in [6, 6.07) is 6.42. The zero-order valence-corrected chi connectivity index (χ0v) is 47.2. The number of amides is 10. The van der Waals surface area contributed by atoms with Crippen molar-refractivity contribution in [3.05, 3.63) is 126 Å². The van der Waals surface area contributed by atoms with E-state index in [0.29, 0.717) is 5.69 Å². The molecule has 9 heterocycles. The number of hydrogen-bond donors (Lipinski definition) is 11. The number of carbonyl (C=O) groups is 10. The minimum absolute atomic E-state index is 0.0133. The Hall–Kier alpha value is -11.3. The third-order valence-corrected chi connectivity index (χ3v) is 13.3. The molecule has 85 heavy (non-hydrogen) atoms. The van der Waals surface area contributed by atoms with Gasteiger partial charge in [-0.05, 0) is 36.8 Å². The summed E-state index contributed by atoms with van der Waals surface area (Å²) in [5, 5.41) is 27.0. The first-order valence-electron chi connectivity index (χ1n) is 26.1. The first-order chi connectivity index (χ1) is 40.3. The van der Waals surface area contributed by atoms with Gasteiger partial charge in [0.05, 0.1) is 28.4 Å². The van der Waals surface area contributed by atoms with Gasteiger partial charge in [-0.15, -0.1) is 0 Å². The molecule has 0 saturated heterocycles. The molecule has 16 bridgehead atoms.